The van der Waals surface area contributed by atoms with Gasteiger partial charge in [0.2, 0.25) is 0 Å². The van der Waals surface area contributed by atoms with E-state index in [9.17, 15) is 0 Å². The number of nitrogens with zero attached hydrogens (tertiary/aromatic N) is 2. The lowest BCUT2D eigenvalue weighted by molar-refractivity contribution is 0.184. The first-order valence-corrected chi connectivity index (χ1v) is 8.62. The molecule has 0 atom stereocenters. The minimum absolute atomic E-state index is 0. The molecule has 0 saturated heterocycles. The number of halogens is 1. The maximum Gasteiger partial charge on any atom is 0.193 e. The lowest BCUT2D eigenvalue weighted by Gasteiger charge is -2.22. The zero-order valence-corrected chi connectivity index (χ0v) is 17.6. The van der Waals surface area contributed by atoms with Gasteiger partial charge >= 0.3 is 0 Å². The van der Waals surface area contributed by atoms with Gasteiger partial charge in [0.05, 0.1) is 6.61 Å². The van der Waals surface area contributed by atoms with Gasteiger partial charge in [-0.05, 0) is 29.0 Å². The lowest BCUT2D eigenvalue weighted by atomic mass is 10.1. The summed E-state index contributed by atoms with van der Waals surface area (Å²) in [6, 6.07) is 12.6. The molecule has 0 aliphatic rings. The summed E-state index contributed by atoms with van der Waals surface area (Å²) in [5.74, 6) is 0.911. The smallest absolute Gasteiger partial charge is 0.193 e. The van der Waals surface area contributed by atoms with E-state index in [1.54, 1.807) is 18.4 Å². The van der Waals surface area contributed by atoms with Gasteiger partial charge in [-0.25, -0.2) is 0 Å². The van der Waals surface area contributed by atoms with Crippen molar-refractivity contribution in [2.75, 3.05) is 27.7 Å². The van der Waals surface area contributed by atoms with Crippen molar-refractivity contribution in [3.8, 4) is 0 Å². The van der Waals surface area contributed by atoms with Crippen molar-refractivity contribution in [2.45, 2.75) is 19.6 Å². The third kappa shape index (κ3) is 6.41. The van der Waals surface area contributed by atoms with E-state index in [-0.39, 0.29) is 24.0 Å². The van der Waals surface area contributed by atoms with Gasteiger partial charge in [0.15, 0.2) is 5.96 Å². The molecule has 24 heavy (non-hydrogen) atoms. The zero-order valence-electron chi connectivity index (χ0n) is 14.5. The van der Waals surface area contributed by atoms with E-state index in [0.717, 1.165) is 25.5 Å². The molecule has 1 N–H and O–H groups in total. The van der Waals surface area contributed by atoms with Crippen molar-refractivity contribution in [1.82, 2.24) is 10.2 Å². The Kier molecular flexibility index (Phi) is 9.97. The van der Waals surface area contributed by atoms with Gasteiger partial charge in [-0.1, -0.05) is 30.3 Å². The summed E-state index contributed by atoms with van der Waals surface area (Å²) in [6.07, 6.45) is 1.04. The van der Waals surface area contributed by atoms with Crippen molar-refractivity contribution in [1.29, 1.82) is 0 Å². The predicted octanol–water partition coefficient (Wildman–Crippen LogP) is 3.76. The van der Waals surface area contributed by atoms with Crippen LogP contribution in [0.4, 0.5) is 0 Å². The molecular formula is C18H26IN3OS. The van der Waals surface area contributed by atoms with Crippen LogP contribution in [-0.2, 0) is 24.3 Å². The van der Waals surface area contributed by atoms with Gasteiger partial charge < -0.3 is 15.0 Å². The average molecular weight is 459 g/mol. The van der Waals surface area contributed by atoms with Crippen LogP contribution >= 0.6 is 35.3 Å². The average Bonchev–Trinajstić information content (AvgIpc) is 3.08. The molecule has 6 heteroatoms. The van der Waals surface area contributed by atoms with Crippen LogP contribution in [0.2, 0.25) is 0 Å². The van der Waals surface area contributed by atoms with Gasteiger partial charge in [0.1, 0.15) is 0 Å². The number of aliphatic imine (C=N–C) groups is 1. The number of hydrogen-bond acceptors (Lipinski definition) is 3. The molecule has 2 aromatic rings. The second kappa shape index (κ2) is 11.4. The van der Waals surface area contributed by atoms with Gasteiger partial charge in [-0.3, -0.25) is 4.99 Å². The van der Waals surface area contributed by atoms with Crippen LogP contribution < -0.4 is 5.32 Å². The van der Waals surface area contributed by atoms with E-state index in [0.29, 0.717) is 6.61 Å². The molecule has 0 aliphatic carbocycles. The Morgan fingerprint density at radius 1 is 1.21 bits per heavy atom. The Bertz CT molecular complexity index is 616. The fourth-order valence-electron chi connectivity index (χ4n) is 2.42. The largest absolute Gasteiger partial charge is 0.380 e. The Balaban J connectivity index is 0.00000288. The van der Waals surface area contributed by atoms with Crippen LogP contribution in [0.5, 0.6) is 0 Å². The number of thiophene rings is 1. The molecule has 4 nitrogen and oxygen atoms in total. The molecule has 0 bridgehead atoms. The van der Waals surface area contributed by atoms with Crippen LogP contribution in [0.25, 0.3) is 0 Å². The Hall–Kier alpha value is -1.12. The third-order valence-electron chi connectivity index (χ3n) is 3.70. The van der Waals surface area contributed by atoms with Crippen molar-refractivity contribution in [3.63, 3.8) is 0 Å². The van der Waals surface area contributed by atoms with Crippen molar-refractivity contribution >= 4 is 41.3 Å². The molecule has 0 saturated carbocycles. The molecule has 2 rings (SSSR count). The van der Waals surface area contributed by atoms with Gasteiger partial charge in [0, 0.05) is 39.2 Å². The normalized spacial score (nSPS) is 11.0. The van der Waals surface area contributed by atoms with Gasteiger partial charge in [0.25, 0.3) is 0 Å². The summed E-state index contributed by atoms with van der Waals surface area (Å²) in [7, 11) is 5.62. The number of hydrogen-bond donors (Lipinski definition) is 1. The lowest BCUT2D eigenvalue weighted by Crippen LogP contribution is -2.39. The summed E-state index contributed by atoms with van der Waals surface area (Å²) in [5, 5.41) is 5.56. The van der Waals surface area contributed by atoms with Gasteiger partial charge in [-0.15, -0.1) is 35.3 Å². The first-order chi connectivity index (χ1) is 11.2. The van der Waals surface area contributed by atoms with Crippen LogP contribution in [0.15, 0.2) is 46.8 Å². The minimum Gasteiger partial charge on any atom is -0.380 e. The highest BCUT2D eigenvalue weighted by atomic mass is 127. The standard InChI is InChI=1S/C18H25N3OS.HI/c1-19-18(21(2)11-10-17-9-6-12-23-17)20-13-15-7-4-5-8-16(15)14-22-3;/h4-9,12H,10-11,13-14H2,1-3H3,(H,19,20);1H. The highest BCUT2D eigenvalue weighted by molar-refractivity contribution is 14.0. The number of nitrogens with one attached hydrogen (secondary N) is 1. The van der Waals surface area contributed by atoms with Crippen LogP contribution in [-0.4, -0.2) is 38.6 Å². The molecule has 1 aromatic heterocycles. The summed E-state index contributed by atoms with van der Waals surface area (Å²) < 4.78 is 5.26. The van der Waals surface area contributed by atoms with E-state index in [1.807, 2.05) is 13.1 Å². The Morgan fingerprint density at radius 2 is 1.96 bits per heavy atom. The van der Waals surface area contributed by atoms with E-state index in [4.69, 9.17) is 4.74 Å². The first-order valence-electron chi connectivity index (χ1n) is 7.74. The second-order valence-corrected chi connectivity index (χ2v) is 6.39. The number of likely N-dealkylation sites (N-methyl/N-ethyl adjacent to an activating group) is 1. The van der Waals surface area contributed by atoms with Crippen LogP contribution in [0, 0.1) is 0 Å². The number of guanidine groups is 1. The molecule has 0 unspecified atom stereocenters. The summed E-state index contributed by atoms with van der Waals surface area (Å²) >= 11 is 1.80. The molecule has 0 aliphatic heterocycles. The number of ether oxygens (including phenoxy) is 1. The zero-order chi connectivity index (χ0) is 16.5. The molecule has 0 fully saturated rings. The van der Waals surface area contributed by atoms with E-state index < -0.39 is 0 Å². The third-order valence-corrected chi connectivity index (χ3v) is 4.64. The molecule has 1 aromatic carbocycles. The van der Waals surface area contributed by atoms with Crippen molar-refractivity contribution in [3.05, 3.63) is 57.8 Å². The summed E-state index contributed by atoms with van der Waals surface area (Å²) in [4.78, 5) is 7.95. The predicted molar refractivity (Wildman–Crippen MR) is 113 cm³/mol. The quantitative estimate of drug-likeness (QED) is 0.389. The molecular weight excluding hydrogens is 433 g/mol. The fraction of sp³-hybridized carbons (Fsp3) is 0.389. The Labute approximate surface area is 166 Å². The van der Waals surface area contributed by atoms with Crippen LogP contribution in [0.3, 0.4) is 0 Å². The number of rotatable bonds is 7. The summed E-state index contributed by atoms with van der Waals surface area (Å²) in [6.45, 7) is 2.32. The summed E-state index contributed by atoms with van der Waals surface area (Å²) in [5.41, 5.74) is 2.45. The van der Waals surface area contributed by atoms with Gasteiger partial charge in [-0.2, -0.15) is 0 Å². The molecule has 1 heterocycles. The van der Waals surface area contributed by atoms with E-state index in [2.05, 4.69) is 58.0 Å². The number of benzene rings is 1. The fourth-order valence-corrected chi connectivity index (χ4v) is 3.12. The van der Waals surface area contributed by atoms with Crippen LogP contribution in [0.1, 0.15) is 16.0 Å². The molecule has 0 spiro atoms. The first kappa shape index (κ1) is 20.9. The SMILES string of the molecule is CN=C(NCc1ccccc1COC)N(C)CCc1cccs1.I. The van der Waals surface area contributed by atoms with E-state index in [1.165, 1.54) is 16.0 Å². The maximum atomic E-state index is 5.26. The number of methoxy groups -OCH3 is 1. The second-order valence-electron chi connectivity index (χ2n) is 5.35. The highest BCUT2D eigenvalue weighted by Gasteiger charge is 2.08. The monoisotopic (exact) mass is 459 g/mol. The maximum absolute atomic E-state index is 5.26. The molecule has 132 valence electrons. The molecule has 0 amide bonds. The minimum atomic E-state index is 0. The highest BCUT2D eigenvalue weighted by Crippen LogP contribution is 2.11. The van der Waals surface area contributed by atoms with E-state index >= 15 is 0 Å². The van der Waals surface area contributed by atoms with Crippen molar-refractivity contribution < 1.29 is 4.74 Å². The molecule has 0 radical (unpaired) electrons. The Morgan fingerprint density at radius 3 is 2.58 bits per heavy atom. The topological polar surface area (TPSA) is 36.9 Å². The van der Waals surface area contributed by atoms with Crippen molar-refractivity contribution in [2.24, 2.45) is 4.99 Å².